The molecule has 0 aromatic carbocycles. The average molecular weight is 292 g/mol. The van der Waals surface area contributed by atoms with Gasteiger partial charge in [0.1, 0.15) is 0 Å². The highest BCUT2D eigenvalue weighted by molar-refractivity contribution is 5.43. The second kappa shape index (κ2) is 7.59. The lowest BCUT2D eigenvalue weighted by Gasteiger charge is -2.32. The standard InChI is InChI=1S/C16H28N4O/c1-4-14(3)17-7-9-20-16(21)10-15(11-18-20)19-8-5-6-13(2)12-19/h10-11,13-14,17H,4-9,12H2,1-3H3. The molecular formula is C16H28N4O. The van der Waals surface area contributed by atoms with Gasteiger partial charge in [-0.25, -0.2) is 4.68 Å². The Morgan fingerprint density at radius 2 is 2.33 bits per heavy atom. The van der Waals surface area contributed by atoms with E-state index < -0.39 is 0 Å². The van der Waals surface area contributed by atoms with Gasteiger partial charge in [0, 0.05) is 31.7 Å². The summed E-state index contributed by atoms with van der Waals surface area (Å²) in [5.74, 6) is 0.695. The second-order valence-corrected chi connectivity index (χ2v) is 6.23. The Morgan fingerprint density at radius 3 is 3.00 bits per heavy atom. The summed E-state index contributed by atoms with van der Waals surface area (Å²) >= 11 is 0. The van der Waals surface area contributed by atoms with Gasteiger partial charge in [0.25, 0.3) is 5.56 Å². The number of nitrogens with one attached hydrogen (secondary N) is 1. The third kappa shape index (κ3) is 4.56. The predicted molar refractivity (Wildman–Crippen MR) is 86.9 cm³/mol. The maximum Gasteiger partial charge on any atom is 0.268 e. The maximum atomic E-state index is 12.2. The summed E-state index contributed by atoms with van der Waals surface area (Å²) in [5, 5.41) is 7.71. The van der Waals surface area contributed by atoms with Crippen molar-refractivity contribution < 1.29 is 0 Å². The molecule has 0 bridgehead atoms. The number of hydrogen-bond acceptors (Lipinski definition) is 4. The topological polar surface area (TPSA) is 50.2 Å². The van der Waals surface area contributed by atoms with Crippen molar-refractivity contribution in [3.63, 3.8) is 0 Å². The molecule has 0 aliphatic carbocycles. The smallest absolute Gasteiger partial charge is 0.268 e. The Balaban J connectivity index is 1.95. The molecule has 1 fully saturated rings. The monoisotopic (exact) mass is 292 g/mol. The second-order valence-electron chi connectivity index (χ2n) is 6.23. The summed E-state index contributed by atoms with van der Waals surface area (Å²) in [6.07, 6.45) is 5.41. The first-order chi connectivity index (χ1) is 10.1. The molecule has 118 valence electrons. The van der Waals surface area contributed by atoms with E-state index in [0.717, 1.165) is 31.7 Å². The van der Waals surface area contributed by atoms with E-state index in [2.05, 4.69) is 36.1 Å². The fourth-order valence-electron chi connectivity index (χ4n) is 2.75. The van der Waals surface area contributed by atoms with Gasteiger partial charge in [0.05, 0.1) is 18.4 Å². The van der Waals surface area contributed by atoms with Crippen LogP contribution in [0.1, 0.15) is 40.0 Å². The number of anilines is 1. The van der Waals surface area contributed by atoms with Gasteiger partial charge in [-0.2, -0.15) is 5.10 Å². The van der Waals surface area contributed by atoms with E-state index in [1.165, 1.54) is 12.8 Å². The molecule has 1 aromatic rings. The van der Waals surface area contributed by atoms with Crippen molar-refractivity contribution in [1.29, 1.82) is 0 Å². The molecule has 0 spiro atoms. The summed E-state index contributed by atoms with van der Waals surface area (Å²) < 4.78 is 1.55. The van der Waals surface area contributed by atoms with Gasteiger partial charge in [0.15, 0.2) is 0 Å². The lowest BCUT2D eigenvalue weighted by atomic mass is 10.00. The number of nitrogens with zero attached hydrogens (tertiary/aromatic N) is 3. The lowest BCUT2D eigenvalue weighted by molar-refractivity contribution is 0.444. The van der Waals surface area contributed by atoms with Crippen molar-refractivity contribution in [2.24, 2.45) is 5.92 Å². The molecule has 1 N–H and O–H groups in total. The molecule has 1 aromatic heterocycles. The van der Waals surface area contributed by atoms with E-state index >= 15 is 0 Å². The van der Waals surface area contributed by atoms with Crippen molar-refractivity contribution in [3.8, 4) is 0 Å². The number of piperidine rings is 1. The van der Waals surface area contributed by atoms with Crippen LogP contribution < -0.4 is 15.8 Å². The van der Waals surface area contributed by atoms with E-state index in [1.807, 2.05) is 6.20 Å². The van der Waals surface area contributed by atoms with Crippen molar-refractivity contribution in [1.82, 2.24) is 15.1 Å². The molecule has 2 atom stereocenters. The van der Waals surface area contributed by atoms with Crippen molar-refractivity contribution >= 4 is 5.69 Å². The van der Waals surface area contributed by atoms with Crippen LogP contribution in [0.15, 0.2) is 17.1 Å². The van der Waals surface area contributed by atoms with E-state index in [0.29, 0.717) is 18.5 Å². The van der Waals surface area contributed by atoms with Gasteiger partial charge in [0.2, 0.25) is 0 Å². The highest BCUT2D eigenvalue weighted by Gasteiger charge is 2.17. The SMILES string of the molecule is CCC(C)NCCn1ncc(N2CCCC(C)C2)cc1=O. The molecule has 2 rings (SSSR count). The van der Waals surface area contributed by atoms with Crippen LogP contribution in [-0.2, 0) is 6.54 Å². The lowest BCUT2D eigenvalue weighted by Crippen LogP contribution is -2.36. The molecular weight excluding hydrogens is 264 g/mol. The van der Waals surface area contributed by atoms with Gasteiger partial charge in [-0.1, -0.05) is 13.8 Å². The minimum Gasteiger partial charge on any atom is -0.370 e. The Hall–Kier alpha value is -1.36. The van der Waals surface area contributed by atoms with Gasteiger partial charge in [-0.15, -0.1) is 0 Å². The van der Waals surface area contributed by atoms with Crippen LogP contribution in [-0.4, -0.2) is 35.5 Å². The van der Waals surface area contributed by atoms with E-state index in [9.17, 15) is 4.79 Å². The van der Waals surface area contributed by atoms with E-state index in [1.54, 1.807) is 10.7 Å². The largest absolute Gasteiger partial charge is 0.370 e. The van der Waals surface area contributed by atoms with Crippen molar-refractivity contribution in [2.75, 3.05) is 24.5 Å². The summed E-state index contributed by atoms with van der Waals surface area (Å²) in [4.78, 5) is 14.4. The molecule has 2 unspecified atom stereocenters. The molecule has 1 aliphatic rings. The molecule has 0 amide bonds. The van der Waals surface area contributed by atoms with Gasteiger partial charge < -0.3 is 10.2 Å². The van der Waals surface area contributed by atoms with Crippen LogP contribution in [0.2, 0.25) is 0 Å². The minimum absolute atomic E-state index is 0.00308. The zero-order valence-electron chi connectivity index (χ0n) is 13.5. The fourth-order valence-corrected chi connectivity index (χ4v) is 2.75. The van der Waals surface area contributed by atoms with Crippen LogP contribution in [0.3, 0.4) is 0 Å². The molecule has 5 nitrogen and oxygen atoms in total. The Labute approximate surface area is 127 Å². The number of aromatic nitrogens is 2. The Bertz CT molecular complexity index is 499. The molecule has 21 heavy (non-hydrogen) atoms. The first-order valence-electron chi connectivity index (χ1n) is 8.15. The van der Waals surface area contributed by atoms with Crippen LogP contribution in [0.25, 0.3) is 0 Å². The fraction of sp³-hybridized carbons (Fsp3) is 0.750. The third-order valence-corrected chi connectivity index (χ3v) is 4.31. The predicted octanol–water partition coefficient (Wildman–Crippen LogP) is 1.87. The first kappa shape index (κ1) is 16.0. The highest BCUT2D eigenvalue weighted by atomic mass is 16.1. The molecule has 1 saturated heterocycles. The van der Waals surface area contributed by atoms with Crippen LogP contribution in [0.5, 0.6) is 0 Å². The van der Waals surface area contributed by atoms with Gasteiger partial charge in [-0.3, -0.25) is 4.79 Å². The Morgan fingerprint density at radius 1 is 1.52 bits per heavy atom. The van der Waals surface area contributed by atoms with E-state index in [-0.39, 0.29) is 5.56 Å². The molecule has 5 heteroatoms. The zero-order chi connectivity index (χ0) is 15.2. The summed E-state index contributed by atoms with van der Waals surface area (Å²) in [6, 6.07) is 2.21. The summed E-state index contributed by atoms with van der Waals surface area (Å²) in [5.41, 5.74) is 0.967. The molecule has 1 aliphatic heterocycles. The van der Waals surface area contributed by atoms with Crippen molar-refractivity contribution in [3.05, 3.63) is 22.6 Å². The summed E-state index contributed by atoms with van der Waals surface area (Å²) in [6.45, 7) is 10.0. The normalized spacial score (nSPS) is 20.5. The van der Waals surface area contributed by atoms with Crippen LogP contribution >= 0.6 is 0 Å². The average Bonchev–Trinajstić information content (AvgIpc) is 2.48. The zero-order valence-corrected chi connectivity index (χ0v) is 13.5. The third-order valence-electron chi connectivity index (χ3n) is 4.31. The highest BCUT2D eigenvalue weighted by Crippen LogP contribution is 2.20. The summed E-state index contributed by atoms with van der Waals surface area (Å²) in [7, 11) is 0. The first-order valence-corrected chi connectivity index (χ1v) is 8.15. The molecule has 2 heterocycles. The quantitative estimate of drug-likeness (QED) is 0.869. The molecule has 0 saturated carbocycles. The number of hydrogen-bond donors (Lipinski definition) is 1. The number of rotatable bonds is 6. The van der Waals surface area contributed by atoms with Crippen LogP contribution in [0, 0.1) is 5.92 Å². The maximum absolute atomic E-state index is 12.2. The molecule has 0 radical (unpaired) electrons. The minimum atomic E-state index is -0.00308. The van der Waals surface area contributed by atoms with Crippen molar-refractivity contribution in [2.45, 2.75) is 52.6 Å². The van der Waals surface area contributed by atoms with Gasteiger partial charge >= 0.3 is 0 Å². The Kier molecular flexibility index (Phi) is 5.79. The van der Waals surface area contributed by atoms with E-state index in [4.69, 9.17) is 0 Å². The van der Waals surface area contributed by atoms with Gasteiger partial charge in [-0.05, 0) is 32.1 Å². The van der Waals surface area contributed by atoms with Crippen LogP contribution in [0.4, 0.5) is 5.69 Å².